The summed E-state index contributed by atoms with van der Waals surface area (Å²) in [5.74, 6) is -0.705. The van der Waals surface area contributed by atoms with Gasteiger partial charge in [-0.1, -0.05) is 17.7 Å². The van der Waals surface area contributed by atoms with Gasteiger partial charge in [0.15, 0.2) is 5.11 Å². The molecule has 0 aromatic rings. The van der Waals surface area contributed by atoms with E-state index in [2.05, 4.69) is 17.2 Å². The van der Waals surface area contributed by atoms with Gasteiger partial charge in [-0.25, -0.2) is 0 Å². The van der Waals surface area contributed by atoms with Crippen LogP contribution >= 0.6 is 12.2 Å². The minimum Gasteiger partial charge on any atom is -0.302 e. The molecule has 0 aromatic heterocycles. The van der Waals surface area contributed by atoms with Crippen molar-refractivity contribution < 1.29 is 9.59 Å². The first-order valence-electron chi connectivity index (χ1n) is 5.94. The number of hydrogen-bond acceptors (Lipinski definition) is 3. The van der Waals surface area contributed by atoms with E-state index < -0.39 is 5.41 Å². The van der Waals surface area contributed by atoms with Gasteiger partial charge in [-0.3, -0.25) is 9.59 Å². The van der Waals surface area contributed by atoms with Crippen molar-refractivity contribution >= 4 is 29.1 Å². The van der Waals surface area contributed by atoms with Gasteiger partial charge in [-0.05, 0) is 38.4 Å². The summed E-state index contributed by atoms with van der Waals surface area (Å²) in [6, 6.07) is 0. The van der Waals surface area contributed by atoms with Crippen molar-refractivity contribution in [2.24, 2.45) is 11.3 Å². The van der Waals surface area contributed by atoms with Gasteiger partial charge >= 0.3 is 0 Å². The van der Waals surface area contributed by atoms with Crippen molar-refractivity contribution in [3.05, 3.63) is 24.3 Å². The number of thiocarbonyl (C=S) groups is 1. The fourth-order valence-electron chi connectivity index (χ4n) is 2.71. The van der Waals surface area contributed by atoms with Crippen molar-refractivity contribution in [3.63, 3.8) is 0 Å². The molecule has 1 aliphatic heterocycles. The molecule has 1 unspecified atom stereocenters. The lowest BCUT2D eigenvalue weighted by molar-refractivity contribution is -0.146. The van der Waals surface area contributed by atoms with Crippen LogP contribution in [0.3, 0.4) is 0 Å². The molecule has 4 nitrogen and oxygen atoms in total. The van der Waals surface area contributed by atoms with Gasteiger partial charge in [0.25, 0.3) is 0 Å². The summed E-state index contributed by atoms with van der Waals surface area (Å²) in [5.41, 5.74) is -0.283. The Bertz CT molecular complexity index is 448. The summed E-state index contributed by atoms with van der Waals surface area (Å²) in [5, 5.41) is 5.22. The summed E-state index contributed by atoms with van der Waals surface area (Å²) in [7, 11) is 0. The molecule has 2 rings (SSSR count). The number of allylic oxidation sites excluding steroid dienone is 3. The molecule has 5 heteroatoms. The number of amides is 2. The Morgan fingerprint density at radius 3 is 2.56 bits per heavy atom. The zero-order valence-electron chi connectivity index (χ0n) is 10.3. The summed E-state index contributed by atoms with van der Waals surface area (Å²) in [6.07, 6.45) is 6.02. The quantitative estimate of drug-likeness (QED) is 0.460. The third-order valence-corrected chi connectivity index (χ3v) is 3.69. The molecule has 2 aliphatic rings. The molecule has 96 valence electrons. The lowest BCUT2D eigenvalue weighted by Gasteiger charge is -2.39. The van der Waals surface area contributed by atoms with E-state index in [1.807, 2.05) is 19.1 Å². The van der Waals surface area contributed by atoms with E-state index in [1.165, 1.54) is 0 Å². The van der Waals surface area contributed by atoms with Crippen molar-refractivity contribution in [1.29, 1.82) is 0 Å². The van der Waals surface area contributed by atoms with Crippen LogP contribution in [0.1, 0.15) is 26.2 Å². The Hall–Kier alpha value is -1.49. The maximum Gasteiger partial charge on any atom is 0.242 e. The largest absolute Gasteiger partial charge is 0.302 e. The monoisotopic (exact) mass is 264 g/mol. The number of carbonyl (C=O) groups is 2. The average Bonchev–Trinajstić information content (AvgIpc) is 2.76. The Kier molecular flexibility index (Phi) is 3.34. The van der Waals surface area contributed by atoms with Gasteiger partial charge in [0, 0.05) is 5.92 Å². The van der Waals surface area contributed by atoms with Crippen molar-refractivity contribution in [2.75, 3.05) is 0 Å². The SMILES string of the molecule is C=C(C)CC1(C2C=CCC2)C(=O)NC(=S)NC1=O. The minimum absolute atomic E-state index is 0.0858. The lowest BCUT2D eigenvalue weighted by atomic mass is 9.68. The Morgan fingerprint density at radius 1 is 1.50 bits per heavy atom. The number of rotatable bonds is 3. The highest BCUT2D eigenvalue weighted by Gasteiger charge is 2.54. The molecule has 2 amide bonds. The molecular weight excluding hydrogens is 248 g/mol. The van der Waals surface area contributed by atoms with Crippen LogP contribution < -0.4 is 10.6 Å². The van der Waals surface area contributed by atoms with Crippen LogP contribution in [0.5, 0.6) is 0 Å². The fraction of sp³-hybridized carbons (Fsp3) is 0.462. The molecular formula is C13H16N2O2S. The van der Waals surface area contributed by atoms with E-state index in [0.29, 0.717) is 6.42 Å². The Labute approximate surface area is 112 Å². The van der Waals surface area contributed by atoms with Crippen LogP contribution in [-0.2, 0) is 9.59 Å². The van der Waals surface area contributed by atoms with Crippen molar-refractivity contribution in [3.8, 4) is 0 Å². The van der Waals surface area contributed by atoms with Crippen LogP contribution in [0.4, 0.5) is 0 Å². The minimum atomic E-state index is -1.10. The smallest absolute Gasteiger partial charge is 0.242 e. The van der Waals surface area contributed by atoms with Crippen LogP contribution in [0.25, 0.3) is 0 Å². The van der Waals surface area contributed by atoms with Gasteiger partial charge in [0.05, 0.1) is 0 Å². The van der Waals surface area contributed by atoms with Crippen LogP contribution in [0.15, 0.2) is 24.3 Å². The maximum absolute atomic E-state index is 12.3. The summed E-state index contributed by atoms with van der Waals surface area (Å²) in [4.78, 5) is 24.7. The molecule has 18 heavy (non-hydrogen) atoms. The zero-order valence-corrected chi connectivity index (χ0v) is 11.1. The lowest BCUT2D eigenvalue weighted by Crippen LogP contribution is -2.64. The van der Waals surface area contributed by atoms with Crippen molar-refractivity contribution in [2.45, 2.75) is 26.2 Å². The first-order valence-corrected chi connectivity index (χ1v) is 6.35. The van der Waals surface area contributed by atoms with E-state index >= 15 is 0 Å². The summed E-state index contributed by atoms with van der Waals surface area (Å²) >= 11 is 4.85. The molecule has 2 N–H and O–H groups in total. The van der Waals surface area contributed by atoms with Gasteiger partial charge in [-0.15, -0.1) is 6.58 Å². The van der Waals surface area contributed by atoms with E-state index in [1.54, 1.807) is 0 Å². The molecule has 0 radical (unpaired) electrons. The third kappa shape index (κ3) is 1.99. The highest BCUT2D eigenvalue weighted by atomic mass is 32.1. The molecule has 1 heterocycles. The third-order valence-electron chi connectivity index (χ3n) is 3.49. The van der Waals surface area contributed by atoms with Gasteiger partial charge < -0.3 is 10.6 Å². The molecule has 1 fully saturated rings. The van der Waals surface area contributed by atoms with E-state index in [0.717, 1.165) is 18.4 Å². The average molecular weight is 264 g/mol. The molecule has 1 saturated heterocycles. The highest BCUT2D eigenvalue weighted by molar-refractivity contribution is 7.80. The van der Waals surface area contributed by atoms with E-state index in [9.17, 15) is 9.59 Å². The first-order chi connectivity index (χ1) is 8.46. The van der Waals surface area contributed by atoms with Crippen LogP contribution in [0, 0.1) is 11.3 Å². The second kappa shape index (κ2) is 4.65. The van der Waals surface area contributed by atoms with Gasteiger partial charge in [-0.2, -0.15) is 0 Å². The predicted molar refractivity (Wildman–Crippen MR) is 72.6 cm³/mol. The molecule has 1 atom stereocenters. The molecule has 0 bridgehead atoms. The number of carbonyl (C=O) groups excluding carboxylic acids is 2. The second-order valence-corrected chi connectivity index (χ2v) is 5.36. The first kappa shape index (κ1) is 13.0. The summed E-state index contributed by atoms with van der Waals surface area (Å²) in [6.45, 7) is 5.66. The standard InChI is InChI=1S/C13H16N2O2S/c1-8(2)7-13(9-5-3-4-6-9)10(16)14-12(18)15-11(13)17/h3,5,9H,1,4,6-7H2,2H3,(H2,14,15,16,17,18). The fourth-order valence-corrected chi connectivity index (χ4v) is 2.90. The molecule has 0 saturated carbocycles. The molecule has 0 aromatic carbocycles. The predicted octanol–water partition coefficient (Wildman–Crippen LogP) is 1.44. The summed E-state index contributed by atoms with van der Waals surface area (Å²) < 4.78 is 0. The number of hydrogen-bond donors (Lipinski definition) is 2. The number of nitrogens with one attached hydrogen (secondary N) is 2. The molecule has 1 aliphatic carbocycles. The van der Waals surface area contributed by atoms with Gasteiger partial charge in [0.1, 0.15) is 5.41 Å². The highest BCUT2D eigenvalue weighted by Crippen LogP contribution is 2.42. The topological polar surface area (TPSA) is 58.2 Å². The van der Waals surface area contributed by atoms with Crippen LogP contribution in [-0.4, -0.2) is 16.9 Å². The maximum atomic E-state index is 12.3. The Balaban J connectivity index is 2.42. The zero-order chi connectivity index (χ0) is 13.3. The van der Waals surface area contributed by atoms with Crippen molar-refractivity contribution in [1.82, 2.24) is 10.6 Å². The van der Waals surface area contributed by atoms with E-state index in [4.69, 9.17) is 12.2 Å². The van der Waals surface area contributed by atoms with Gasteiger partial charge in [0.2, 0.25) is 11.8 Å². The second-order valence-electron chi connectivity index (χ2n) is 4.95. The Morgan fingerprint density at radius 2 is 2.11 bits per heavy atom. The molecule has 0 spiro atoms. The van der Waals surface area contributed by atoms with Crippen LogP contribution in [0.2, 0.25) is 0 Å². The van der Waals surface area contributed by atoms with E-state index in [-0.39, 0.29) is 22.8 Å². The normalized spacial score (nSPS) is 25.8.